The maximum atomic E-state index is 14.4. The lowest BCUT2D eigenvalue weighted by Gasteiger charge is -2.30. The summed E-state index contributed by atoms with van der Waals surface area (Å²) in [7, 11) is 1.71. The number of anilines is 2. The number of halogens is 2. The fourth-order valence-corrected chi connectivity index (χ4v) is 3.96. The number of aromatic nitrogens is 1. The highest BCUT2D eigenvalue weighted by Gasteiger charge is 2.40. The largest absolute Gasteiger partial charge is 0.384 e. The molecule has 27 heavy (non-hydrogen) atoms. The lowest BCUT2D eigenvalue weighted by Crippen LogP contribution is -2.42. The van der Waals surface area contributed by atoms with Crippen LogP contribution in [0, 0.1) is 11.6 Å². The molecule has 5 rings (SSSR count). The quantitative estimate of drug-likeness (QED) is 0.718. The first-order valence-corrected chi connectivity index (χ1v) is 8.70. The minimum absolute atomic E-state index is 0.114. The Labute approximate surface area is 153 Å². The summed E-state index contributed by atoms with van der Waals surface area (Å²) in [6.07, 6.45) is 4.21. The molecule has 0 bridgehead atoms. The van der Waals surface area contributed by atoms with E-state index in [-0.39, 0.29) is 17.3 Å². The van der Waals surface area contributed by atoms with Gasteiger partial charge in [-0.25, -0.2) is 8.78 Å². The van der Waals surface area contributed by atoms with Crippen molar-refractivity contribution in [2.45, 2.75) is 12.5 Å². The highest BCUT2D eigenvalue weighted by atomic mass is 19.1. The van der Waals surface area contributed by atoms with Gasteiger partial charge in [-0.15, -0.1) is 0 Å². The van der Waals surface area contributed by atoms with Gasteiger partial charge < -0.3 is 15.2 Å². The van der Waals surface area contributed by atoms with Crippen LogP contribution >= 0.6 is 0 Å². The predicted molar refractivity (Wildman–Crippen MR) is 98.7 cm³/mol. The smallest absolute Gasteiger partial charge is 0.261 e. The minimum Gasteiger partial charge on any atom is -0.384 e. The number of benzene rings is 1. The van der Waals surface area contributed by atoms with Crippen molar-refractivity contribution in [3.8, 4) is 0 Å². The zero-order chi connectivity index (χ0) is 18.7. The first kappa shape index (κ1) is 15.9. The average Bonchev–Trinajstić information content (AvgIpc) is 2.93. The molecule has 3 aliphatic rings. The van der Waals surface area contributed by atoms with E-state index in [1.165, 1.54) is 16.7 Å². The van der Waals surface area contributed by atoms with Gasteiger partial charge in [0.1, 0.15) is 5.82 Å². The molecule has 0 amide bonds. The predicted octanol–water partition coefficient (Wildman–Crippen LogP) is 2.03. The number of nitrogens with zero attached hydrogens (tertiary/aromatic N) is 2. The molecule has 0 spiro atoms. The first-order chi connectivity index (χ1) is 13.0. The molecule has 3 N–H and O–H groups in total. The van der Waals surface area contributed by atoms with E-state index in [9.17, 15) is 13.6 Å². The van der Waals surface area contributed by atoms with Crippen LogP contribution in [0.5, 0.6) is 0 Å². The molecule has 4 heterocycles. The number of aryl methyl sites for hydroxylation is 1. The monoisotopic (exact) mass is 369 g/mol. The number of hydrogen-bond donors (Lipinski definition) is 3. The van der Waals surface area contributed by atoms with E-state index >= 15 is 0 Å². The van der Waals surface area contributed by atoms with Gasteiger partial charge in [-0.2, -0.15) is 0 Å². The minimum atomic E-state index is -0.635. The molecular formula is C19H17F2N5O. The fraction of sp³-hybridized carbons (Fsp3) is 0.211. The van der Waals surface area contributed by atoms with Crippen LogP contribution in [-0.2, 0) is 7.05 Å². The second-order valence-corrected chi connectivity index (χ2v) is 6.82. The van der Waals surface area contributed by atoms with E-state index in [1.807, 2.05) is 6.07 Å². The second-order valence-electron chi connectivity index (χ2n) is 6.82. The SMILES string of the molecule is Cn1ccc2c(c1=O)C1=C3C(=CN2)NN(c2ccc(F)cc2F)C3CCN1. The van der Waals surface area contributed by atoms with Gasteiger partial charge in [0.05, 0.1) is 34.4 Å². The van der Waals surface area contributed by atoms with Gasteiger partial charge >= 0.3 is 0 Å². The lowest BCUT2D eigenvalue weighted by molar-refractivity contribution is 0.556. The summed E-state index contributed by atoms with van der Waals surface area (Å²) >= 11 is 0. The normalized spacial score (nSPS) is 20.0. The Kier molecular flexibility index (Phi) is 3.30. The van der Waals surface area contributed by atoms with Crippen LogP contribution in [0.1, 0.15) is 12.0 Å². The summed E-state index contributed by atoms with van der Waals surface area (Å²) in [4.78, 5) is 12.8. The van der Waals surface area contributed by atoms with Crippen LogP contribution in [-0.4, -0.2) is 17.2 Å². The summed E-state index contributed by atoms with van der Waals surface area (Å²) in [6.45, 7) is 0.634. The first-order valence-electron chi connectivity index (χ1n) is 8.70. The molecule has 1 atom stereocenters. The molecule has 0 radical (unpaired) electrons. The Morgan fingerprint density at radius 3 is 2.89 bits per heavy atom. The molecule has 0 aliphatic carbocycles. The van der Waals surface area contributed by atoms with Gasteiger partial charge in [-0.1, -0.05) is 0 Å². The molecular weight excluding hydrogens is 352 g/mol. The van der Waals surface area contributed by atoms with E-state index in [0.717, 1.165) is 28.7 Å². The number of pyridine rings is 1. The number of hydrogen-bond acceptors (Lipinski definition) is 5. The highest BCUT2D eigenvalue weighted by Crippen LogP contribution is 2.40. The van der Waals surface area contributed by atoms with E-state index < -0.39 is 11.6 Å². The van der Waals surface area contributed by atoms with Crippen LogP contribution in [0.25, 0.3) is 5.70 Å². The van der Waals surface area contributed by atoms with Crippen LogP contribution in [0.3, 0.4) is 0 Å². The summed E-state index contributed by atoms with van der Waals surface area (Å²) < 4.78 is 29.3. The van der Waals surface area contributed by atoms with Gasteiger partial charge in [0, 0.05) is 37.6 Å². The number of hydrazine groups is 1. The lowest BCUT2D eigenvalue weighted by atomic mass is 9.94. The Bertz CT molecular complexity index is 1090. The maximum absolute atomic E-state index is 14.4. The van der Waals surface area contributed by atoms with Gasteiger partial charge in [-0.05, 0) is 24.6 Å². The van der Waals surface area contributed by atoms with E-state index in [0.29, 0.717) is 18.5 Å². The number of rotatable bonds is 1. The number of fused-ring (bicyclic) bond motifs is 2. The third-order valence-corrected chi connectivity index (χ3v) is 5.22. The Morgan fingerprint density at radius 1 is 1.22 bits per heavy atom. The van der Waals surface area contributed by atoms with Crippen LogP contribution in [0.15, 0.2) is 52.7 Å². The van der Waals surface area contributed by atoms with Crippen LogP contribution in [0.2, 0.25) is 0 Å². The molecule has 1 aromatic carbocycles. The Morgan fingerprint density at radius 2 is 2.07 bits per heavy atom. The maximum Gasteiger partial charge on any atom is 0.261 e. The Hall–Kier alpha value is -3.29. The Balaban J connectivity index is 1.70. The summed E-state index contributed by atoms with van der Waals surface area (Å²) in [5, 5.41) is 8.23. The molecule has 2 aromatic rings. The van der Waals surface area contributed by atoms with Crippen molar-refractivity contribution in [1.29, 1.82) is 0 Å². The van der Waals surface area contributed by atoms with E-state index in [4.69, 9.17) is 0 Å². The van der Waals surface area contributed by atoms with Crippen molar-refractivity contribution >= 4 is 17.1 Å². The third-order valence-electron chi connectivity index (χ3n) is 5.22. The molecule has 0 saturated carbocycles. The standard InChI is InChI=1S/C19H17F2N5O/c1-25-7-5-12-17(19(25)27)18-16-13(9-23-12)24-26(15(16)4-6-22-18)14-3-2-10(20)8-11(14)21/h2-3,5,7-9,15,22-24H,4,6H2,1H3. The van der Waals surface area contributed by atoms with Crippen molar-refractivity contribution in [1.82, 2.24) is 15.3 Å². The zero-order valence-electron chi connectivity index (χ0n) is 14.5. The van der Waals surface area contributed by atoms with Crippen molar-refractivity contribution < 1.29 is 8.78 Å². The van der Waals surface area contributed by atoms with Crippen LogP contribution in [0.4, 0.5) is 20.2 Å². The molecule has 6 nitrogen and oxygen atoms in total. The van der Waals surface area contributed by atoms with Crippen LogP contribution < -0.4 is 26.6 Å². The molecule has 138 valence electrons. The van der Waals surface area contributed by atoms with E-state index in [2.05, 4.69) is 16.1 Å². The topological polar surface area (TPSA) is 61.3 Å². The van der Waals surface area contributed by atoms with Gasteiger partial charge in [0.25, 0.3) is 5.56 Å². The van der Waals surface area contributed by atoms with E-state index in [1.54, 1.807) is 24.5 Å². The zero-order valence-corrected chi connectivity index (χ0v) is 14.5. The molecule has 1 fully saturated rings. The van der Waals surface area contributed by atoms with Gasteiger partial charge in [0.2, 0.25) is 0 Å². The fourth-order valence-electron chi connectivity index (χ4n) is 3.96. The molecule has 1 saturated heterocycles. The van der Waals surface area contributed by atoms with Crippen molar-refractivity contribution in [3.05, 3.63) is 75.5 Å². The molecule has 3 aliphatic heterocycles. The third kappa shape index (κ3) is 2.26. The van der Waals surface area contributed by atoms with Crippen molar-refractivity contribution in [3.63, 3.8) is 0 Å². The second kappa shape index (κ2) is 5.60. The molecule has 1 unspecified atom stereocenters. The van der Waals surface area contributed by atoms with Crippen molar-refractivity contribution in [2.75, 3.05) is 16.9 Å². The molecule has 8 heteroatoms. The molecule has 1 aromatic heterocycles. The highest BCUT2D eigenvalue weighted by molar-refractivity contribution is 5.84. The average molecular weight is 369 g/mol. The summed E-state index contributed by atoms with van der Waals surface area (Å²) in [5.74, 6) is -1.25. The van der Waals surface area contributed by atoms with Crippen molar-refractivity contribution in [2.24, 2.45) is 7.05 Å². The number of nitrogens with one attached hydrogen (secondary N) is 3. The van der Waals surface area contributed by atoms with Gasteiger partial charge in [-0.3, -0.25) is 15.2 Å². The summed E-state index contributed by atoms with van der Waals surface area (Å²) in [5.41, 5.74) is 7.05. The van der Waals surface area contributed by atoms with Gasteiger partial charge in [0.15, 0.2) is 5.82 Å². The summed E-state index contributed by atoms with van der Waals surface area (Å²) in [6, 6.07) is 5.21.